The zero-order valence-corrected chi connectivity index (χ0v) is 12.9. The van der Waals surface area contributed by atoms with Crippen molar-refractivity contribution in [1.82, 2.24) is 24.8 Å². The Morgan fingerprint density at radius 1 is 1.19 bits per heavy atom. The SMILES string of the molecule is O=C(C1CN(CCn2nccn2)CCO1)N1CCSCC1. The molecule has 0 radical (unpaired) electrons. The van der Waals surface area contributed by atoms with Crippen LogP contribution in [-0.4, -0.2) is 87.6 Å². The zero-order valence-electron chi connectivity index (χ0n) is 12.1. The van der Waals surface area contributed by atoms with Crippen molar-refractivity contribution in [1.29, 1.82) is 0 Å². The Hall–Kier alpha value is -1.12. The molecule has 7 nitrogen and oxygen atoms in total. The van der Waals surface area contributed by atoms with E-state index < -0.39 is 0 Å². The summed E-state index contributed by atoms with van der Waals surface area (Å²) >= 11 is 1.91. The molecule has 2 fully saturated rings. The first kappa shape index (κ1) is 14.8. The maximum absolute atomic E-state index is 12.5. The minimum Gasteiger partial charge on any atom is -0.366 e. The fourth-order valence-electron chi connectivity index (χ4n) is 2.63. The number of amides is 1. The number of thioether (sulfide) groups is 1. The normalized spacial score (nSPS) is 24.2. The summed E-state index contributed by atoms with van der Waals surface area (Å²) in [5.74, 6) is 2.22. The molecule has 0 bridgehead atoms. The Kier molecular flexibility index (Phi) is 5.10. The summed E-state index contributed by atoms with van der Waals surface area (Å²) in [6.07, 6.45) is 3.05. The summed E-state index contributed by atoms with van der Waals surface area (Å²) in [6, 6.07) is 0. The van der Waals surface area contributed by atoms with Crippen LogP contribution in [0, 0.1) is 0 Å². The monoisotopic (exact) mass is 311 g/mol. The summed E-state index contributed by atoms with van der Waals surface area (Å²) in [4.78, 5) is 18.3. The molecule has 0 saturated carbocycles. The van der Waals surface area contributed by atoms with Gasteiger partial charge in [-0.05, 0) is 0 Å². The molecule has 1 unspecified atom stereocenters. The molecule has 1 atom stereocenters. The summed E-state index contributed by atoms with van der Waals surface area (Å²) in [7, 11) is 0. The Morgan fingerprint density at radius 3 is 2.71 bits per heavy atom. The van der Waals surface area contributed by atoms with Crippen LogP contribution in [0.2, 0.25) is 0 Å². The van der Waals surface area contributed by atoms with Crippen LogP contribution in [0.5, 0.6) is 0 Å². The van der Waals surface area contributed by atoms with E-state index in [1.54, 1.807) is 17.2 Å². The highest BCUT2D eigenvalue weighted by Gasteiger charge is 2.30. The van der Waals surface area contributed by atoms with Crippen molar-refractivity contribution in [3.05, 3.63) is 12.4 Å². The summed E-state index contributed by atoms with van der Waals surface area (Å²) in [6.45, 7) is 5.43. The van der Waals surface area contributed by atoms with Crippen molar-refractivity contribution < 1.29 is 9.53 Å². The molecule has 0 aliphatic carbocycles. The van der Waals surface area contributed by atoms with Crippen LogP contribution in [-0.2, 0) is 16.1 Å². The molecular weight excluding hydrogens is 290 g/mol. The lowest BCUT2D eigenvalue weighted by Crippen LogP contribution is -2.53. The maximum atomic E-state index is 12.5. The zero-order chi connectivity index (χ0) is 14.5. The molecule has 1 aromatic rings. The van der Waals surface area contributed by atoms with Crippen LogP contribution in [0.4, 0.5) is 0 Å². The molecule has 1 amide bonds. The summed E-state index contributed by atoms with van der Waals surface area (Å²) in [5.41, 5.74) is 0. The van der Waals surface area contributed by atoms with Gasteiger partial charge in [-0.1, -0.05) is 0 Å². The smallest absolute Gasteiger partial charge is 0.253 e. The first-order valence-corrected chi connectivity index (χ1v) is 8.53. The molecule has 1 aromatic heterocycles. The molecule has 116 valence electrons. The van der Waals surface area contributed by atoms with Crippen LogP contribution in [0.3, 0.4) is 0 Å². The first-order chi connectivity index (χ1) is 10.3. The van der Waals surface area contributed by atoms with Gasteiger partial charge in [0, 0.05) is 44.2 Å². The minimum absolute atomic E-state index is 0.150. The van der Waals surface area contributed by atoms with Crippen LogP contribution in [0.15, 0.2) is 12.4 Å². The Balaban J connectivity index is 1.49. The third kappa shape index (κ3) is 3.96. The number of hydrogen-bond donors (Lipinski definition) is 0. The second kappa shape index (κ2) is 7.24. The van der Waals surface area contributed by atoms with E-state index in [0.29, 0.717) is 13.2 Å². The molecule has 2 saturated heterocycles. The Bertz CT molecular complexity index is 449. The van der Waals surface area contributed by atoms with Gasteiger partial charge in [0.15, 0.2) is 0 Å². The van der Waals surface area contributed by atoms with Gasteiger partial charge < -0.3 is 9.64 Å². The fraction of sp³-hybridized carbons (Fsp3) is 0.769. The lowest BCUT2D eigenvalue weighted by molar-refractivity contribution is -0.149. The second-order valence-electron chi connectivity index (χ2n) is 5.22. The standard InChI is InChI=1S/C13H21N5O2S/c19-13(17-6-9-21-10-7-17)12-11-16(5-8-20-12)3-4-18-14-1-2-15-18/h1-2,12H,3-11H2. The average molecular weight is 311 g/mol. The van der Waals surface area contributed by atoms with Gasteiger partial charge in [-0.3, -0.25) is 9.69 Å². The van der Waals surface area contributed by atoms with E-state index in [1.165, 1.54) is 0 Å². The van der Waals surface area contributed by atoms with E-state index in [2.05, 4.69) is 15.1 Å². The van der Waals surface area contributed by atoms with E-state index in [4.69, 9.17) is 4.74 Å². The van der Waals surface area contributed by atoms with E-state index in [9.17, 15) is 4.79 Å². The molecule has 0 spiro atoms. The largest absolute Gasteiger partial charge is 0.366 e. The van der Waals surface area contributed by atoms with Crippen molar-refractivity contribution >= 4 is 17.7 Å². The van der Waals surface area contributed by atoms with Gasteiger partial charge in [-0.2, -0.15) is 26.8 Å². The molecule has 0 N–H and O–H groups in total. The third-order valence-corrected chi connectivity index (χ3v) is 4.77. The van der Waals surface area contributed by atoms with Crippen LogP contribution >= 0.6 is 11.8 Å². The molecule has 3 rings (SSSR count). The lowest BCUT2D eigenvalue weighted by atomic mass is 10.2. The highest BCUT2D eigenvalue weighted by molar-refractivity contribution is 7.99. The quantitative estimate of drug-likeness (QED) is 0.751. The van der Waals surface area contributed by atoms with Gasteiger partial charge in [0.2, 0.25) is 0 Å². The summed E-state index contributed by atoms with van der Waals surface area (Å²) < 4.78 is 5.68. The molecule has 2 aliphatic heterocycles. The topological polar surface area (TPSA) is 63.5 Å². The maximum Gasteiger partial charge on any atom is 0.253 e. The molecular formula is C13H21N5O2S. The van der Waals surface area contributed by atoms with Crippen LogP contribution in [0.1, 0.15) is 0 Å². The number of rotatable bonds is 4. The van der Waals surface area contributed by atoms with Gasteiger partial charge in [0.1, 0.15) is 6.10 Å². The van der Waals surface area contributed by atoms with Gasteiger partial charge in [-0.15, -0.1) is 0 Å². The first-order valence-electron chi connectivity index (χ1n) is 7.37. The summed E-state index contributed by atoms with van der Waals surface area (Å²) in [5, 5.41) is 8.20. The molecule has 8 heteroatoms. The van der Waals surface area contributed by atoms with Crippen LogP contribution < -0.4 is 0 Å². The van der Waals surface area contributed by atoms with Crippen molar-refractivity contribution in [2.24, 2.45) is 0 Å². The van der Waals surface area contributed by atoms with Gasteiger partial charge >= 0.3 is 0 Å². The van der Waals surface area contributed by atoms with Gasteiger partial charge in [0.05, 0.1) is 25.5 Å². The van der Waals surface area contributed by atoms with E-state index in [0.717, 1.165) is 44.2 Å². The number of nitrogens with zero attached hydrogens (tertiary/aromatic N) is 5. The highest BCUT2D eigenvalue weighted by Crippen LogP contribution is 2.14. The van der Waals surface area contributed by atoms with Crippen LogP contribution in [0.25, 0.3) is 0 Å². The predicted octanol–water partition coefficient (Wildman–Crippen LogP) is -0.446. The Labute approximate surface area is 128 Å². The number of hydrogen-bond acceptors (Lipinski definition) is 6. The number of aromatic nitrogens is 3. The third-order valence-electron chi connectivity index (χ3n) is 3.83. The second-order valence-corrected chi connectivity index (χ2v) is 6.45. The predicted molar refractivity (Wildman–Crippen MR) is 80.1 cm³/mol. The molecule has 2 aliphatic rings. The average Bonchev–Trinajstić information content (AvgIpc) is 3.07. The van der Waals surface area contributed by atoms with Crippen molar-refractivity contribution in [3.63, 3.8) is 0 Å². The Morgan fingerprint density at radius 2 is 1.95 bits per heavy atom. The van der Waals surface area contributed by atoms with E-state index in [1.807, 2.05) is 16.7 Å². The van der Waals surface area contributed by atoms with Crippen molar-refractivity contribution in [2.45, 2.75) is 12.6 Å². The van der Waals surface area contributed by atoms with E-state index >= 15 is 0 Å². The van der Waals surface area contributed by atoms with Crippen molar-refractivity contribution in [2.75, 3.05) is 50.8 Å². The highest BCUT2D eigenvalue weighted by atomic mass is 32.2. The lowest BCUT2D eigenvalue weighted by Gasteiger charge is -2.36. The molecule has 3 heterocycles. The van der Waals surface area contributed by atoms with Gasteiger partial charge in [-0.25, -0.2) is 0 Å². The molecule has 21 heavy (non-hydrogen) atoms. The fourth-order valence-corrected chi connectivity index (χ4v) is 3.54. The number of ether oxygens (including phenoxy) is 1. The van der Waals surface area contributed by atoms with Gasteiger partial charge in [0.25, 0.3) is 5.91 Å². The number of carbonyl (C=O) groups is 1. The minimum atomic E-state index is -0.313. The van der Waals surface area contributed by atoms with Crippen molar-refractivity contribution in [3.8, 4) is 0 Å². The number of morpholine rings is 1. The van der Waals surface area contributed by atoms with E-state index in [-0.39, 0.29) is 12.0 Å². The molecule has 0 aromatic carbocycles. The number of carbonyl (C=O) groups excluding carboxylic acids is 1.